The number of aryl methyl sites for hydroxylation is 1. The van der Waals surface area contributed by atoms with Crippen molar-refractivity contribution in [3.05, 3.63) is 20.3 Å². The predicted molar refractivity (Wildman–Crippen MR) is 81.8 cm³/mol. The third kappa shape index (κ3) is 3.72. The molecule has 0 saturated carbocycles. The molecule has 5 heteroatoms. The Morgan fingerprint density at radius 1 is 1.53 bits per heavy atom. The van der Waals surface area contributed by atoms with Crippen molar-refractivity contribution in [3.63, 3.8) is 0 Å². The summed E-state index contributed by atoms with van der Waals surface area (Å²) in [6, 6.07) is 2.44. The number of likely N-dealkylation sites (N-methyl/N-ethyl adjacent to an activating group) is 1. The Hall–Kier alpha value is -0.550. The lowest BCUT2D eigenvalue weighted by atomic mass is 9.94. The molecule has 1 aromatic rings. The van der Waals surface area contributed by atoms with E-state index in [2.05, 4.69) is 22.0 Å². The standard InChI is InChI=1S/C14H20BrNO2S/c1-14(2,3)18-13(17)16(4)10-6-5-9-7-12(15)19-11(9)8-10/h7,10H,5-6,8H2,1-4H3. The van der Waals surface area contributed by atoms with E-state index in [1.807, 2.05) is 27.8 Å². The van der Waals surface area contributed by atoms with Crippen LogP contribution in [0.5, 0.6) is 0 Å². The minimum atomic E-state index is -0.433. The molecule has 0 saturated heterocycles. The van der Waals surface area contributed by atoms with Gasteiger partial charge in [0.2, 0.25) is 0 Å². The fourth-order valence-electron chi connectivity index (χ4n) is 2.27. The van der Waals surface area contributed by atoms with E-state index in [-0.39, 0.29) is 12.1 Å². The number of nitrogens with zero attached hydrogens (tertiary/aromatic N) is 1. The second-order valence-electron chi connectivity index (χ2n) is 5.99. The first kappa shape index (κ1) is 14.9. The lowest BCUT2D eigenvalue weighted by Gasteiger charge is -2.32. The van der Waals surface area contributed by atoms with Gasteiger partial charge in [0.05, 0.1) is 3.79 Å². The molecule has 2 rings (SSSR count). The average molecular weight is 346 g/mol. The highest BCUT2D eigenvalue weighted by atomic mass is 79.9. The molecule has 0 aliphatic heterocycles. The zero-order valence-electron chi connectivity index (χ0n) is 11.8. The van der Waals surface area contributed by atoms with Gasteiger partial charge in [-0.3, -0.25) is 0 Å². The summed E-state index contributed by atoms with van der Waals surface area (Å²) < 4.78 is 6.61. The van der Waals surface area contributed by atoms with E-state index >= 15 is 0 Å². The molecule has 0 spiro atoms. The van der Waals surface area contributed by atoms with Crippen LogP contribution in [-0.4, -0.2) is 29.7 Å². The first-order chi connectivity index (χ1) is 8.76. The smallest absolute Gasteiger partial charge is 0.410 e. The second-order valence-corrected chi connectivity index (χ2v) is 8.50. The number of carbonyl (C=O) groups is 1. The molecule has 0 bridgehead atoms. The third-order valence-corrected chi connectivity index (χ3v) is 4.97. The minimum absolute atomic E-state index is 0.225. The summed E-state index contributed by atoms with van der Waals surface area (Å²) in [6.07, 6.45) is 2.75. The molecule has 3 nitrogen and oxygen atoms in total. The van der Waals surface area contributed by atoms with E-state index in [1.54, 1.807) is 16.2 Å². The molecular weight excluding hydrogens is 326 g/mol. The Bertz CT molecular complexity index is 478. The van der Waals surface area contributed by atoms with E-state index in [0.717, 1.165) is 19.3 Å². The lowest BCUT2D eigenvalue weighted by Crippen LogP contribution is -2.43. The molecule has 106 valence electrons. The fraction of sp³-hybridized carbons (Fsp3) is 0.643. The van der Waals surface area contributed by atoms with Gasteiger partial charge in [-0.2, -0.15) is 0 Å². The summed E-state index contributed by atoms with van der Waals surface area (Å²) in [6.45, 7) is 5.69. The topological polar surface area (TPSA) is 29.5 Å². The Morgan fingerprint density at radius 2 is 2.21 bits per heavy atom. The number of fused-ring (bicyclic) bond motifs is 1. The van der Waals surface area contributed by atoms with Crippen molar-refractivity contribution in [1.82, 2.24) is 4.90 Å². The first-order valence-corrected chi connectivity index (χ1v) is 8.10. The highest BCUT2D eigenvalue weighted by Gasteiger charge is 2.29. The normalized spacial score (nSPS) is 18.9. The van der Waals surface area contributed by atoms with Gasteiger partial charge in [0.1, 0.15) is 5.60 Å². The number of halogens is 1. The van der Waals surface area contributed by atoms with Crippen LogP contribution in [0.15, 0.2) is 9.85 Å². The Morgan fingerprint density at radius 3 is 2.84 bits per heavy atom. The molecule has 1 heterocycles. The molecular formula is C14H20BrNO2S. The summed E-state index contributed by atoms with van der Waals surface area (Å²) in [5.74, 6) is 0. The first-order valence-electron chi connectivity index (χ1n) is 6.49. The fourth-order valence-corrected chi connectivity index (χ4v) is 4.13. The number of amides is 1. The van der Waals surface area contributed by atoms with Crippen molar-refractivity contribution >= 4 is 33.4 Å². The van der Waals surface area contributed by atoms with Crippen LogP contribution >= 0.6 is 27.3 Å². The van der Waals surface area contributed by atoms with Crippen molar-refractivity contribution in [2.45, 2.75) is 51.7 Å². The zero-order valence-corrected chi connectivity index (χ0v) is 14.2. The SMILES string of the molecule is CN(C(=O)OC(C)(C)C)C1CCc2cc(Br)sc2C1. The van der Waals surface area contributed by atoms with E-state index in [9.17, 15) is 4.79 Å². The van der Waals surface area contributed by atoms with Crippen LogP contribution in [0.2, 0.25) is 0 Å². The van der Waals surface area contributed by atoms with Gasteiger partial charge < -0.3 is 9.64 Å². The second kappa shape index (κ2) is 5.44. The molecule has 0 fully saturated rings. The lowest BCUT2D eigenvalue weighted by molar-refractivity contribution is 0.0211. The molecule has 1 aromatic heterocycles. The van der Waals surface area contributed by atoms with Crippen LogP contribution in [0.25, 0.3) is 0 Å². The van der Waals surface area contributed by atoms with Gasteiger partial charge in [-0.1, -0.05) is 0 Å². The van der Waals surface area contributed by atoms with Crippen molar-refractivity contribution in [3.8, 4) is 0 Å². The Balaban J connectivity index is 2.02. The molecule has 1 aliphatic carbocycles. The van der Waals surface area contributed by atoms with Crippen LogP contribution in [0.3, 0.4) is 0 Å². The zero-order chi connectivity index (χ0) is 14.2. The summed E-state index contributed by atoms with van der Waals surface area (Å²) in [7, 11) is 1.84. The Kier molecular flexibility index (Phi) is 4.26. The largest absolute Gasteiger partial charge is 0.444 e. The number of rotatable bonds is 1. The number of carbonyl (C=O) groups excluding carboxylic acids is 1. The van der Waals surface area contributed by atoms with Gasteiger partial charge in [-0.25, -0.2) is 4.79 Å². The summed E-state index contributed by atoms with van der Waals surface area (Å²) in [5.41, 5.74) is 0.989. The van der Waals surface area contributed by atoms with E-state index in [4.69, 9.17) is 4.74 Å². The summed E-state index contributed by atoms with van der Waals surface area (Å²) >= 11 is 5.31. The minimum Gasteiger partial charge on any atom is -0.444 e. The van der Waals surface area contributed by atoms with Gasteiger partial charge >= 0.3 is 6.09 Å². The Labute approximate surface area is 127 Å². The summed E-state index contributed by atoms with van der Waals surface area (Å²) in [5, 5.41) is 0. The van der Waals surface area contributed by atoms with Gasteiger partial charge in [0.15, 0.2) is 0 Å². The average Bonchev–Trinajstić information content (AvgIpc) is 2.64. The van der Waals surface area contributed by atoms with Gasteiger partial charge in [-0.15, -0.1) is 11.3 Å². The molecule has 19 heavy (non-hydrogen) atoms. The molecule has 0 aromatic carbocycles. The molecule has 1 amide bonds. The number of thiophene rings is 1. The number of hydrogen-bond donors (Lipinski definition) is 0. The quantitative estimate of drug-likeness (QED) is 0.761. The van der Waals surface area contributed by atoms with Gasteiger partial charge in [-0.05, 0) is 61.2 Å². The number of ether oxygens (including phenoxy) is 1. The molecule has 1 aliphatic rings. The predicted octanol–water partition coefficient (Wildman–Crippen LogP) is 4.23. The maximum Gasteiger partial charge on any atom is 0.410 e. The van der Waals surface area contributed by atoms with Crippen LogP contribution in [0, 0.1) is 0 Å². The van der Waals surface area contributed by atoms with E-state index in [1.165, 1.54) is 14.2 Å². The van der Waals surface area contributed by atoms with Gasteiger partial charge in [0, 0.05) is 24.4 Å². The number of hydrogen-bond acceptors (Lipinski definition) is 3. The highest BCUT2D eigenvalue weighted by Crippen LogP contribution is 2.34. The van der Waals surface area contributed by atoms with E-state index in [0.29, 0.717) is 0 Å². The molecule has 0 radical (unpaired) electrons. The van der Waals surface area contributed by atoms with Crippen molar-refractivity contribution in [1.29, 1.82) is 0 Å². The molecule has 0 N–H and O–H groups in total. The van der Waals surface area contributed by atoms with Crippen LogP contribution in [-0.2, 0) is 17.6 Å². The maximum absolute atomic E-state index is 12.1. The van der Waals surface area contributed by atoms with Crippen LogP contribution in [0.1, 0.15) is 37.6 Å². The van der Waals surface area contributed by atoms with Crippen molar-refractivity contribution < 1.29 is 9.53 Å². The van der Waals surface area contributed by atoms with Crippen molar-refractivity contribution in [2.24, 2.45) is 0 Å². The highest BCUT2D eigenvalue weighted by molar-refractivity contribution is 9.11. The summed E-state index contributed by atoms with van der Waals surface area (Å²) in [4.78, 5) is 15.2. The maximum atomic E-state index is 12.1. The third-order valence-electron chi connectivity index (χ3n) is 3.26. The van der Waals surface area contributed by atoms with Crippen molar-refractivity contribution in [2.75, 3.05) is 7.05 Å². The monoisotopic (exact) mass is 345 g/mol. The van der Waals surface area contributed by atoms with Crippen LogP contribution in [0.4, 0.5) is 4.79 Å². The molecule has 1 atom stereocenters. The van der Waals surface area contributed by atoms with E-state index < -0.39 is 5.60 Å². The van der Waals surface area contributed by atoms with Crippen LogP contribution < -0.4 is 0 Å². The molecule has 1 unspecified atom stereocenters. The van der Waals surface area contributed by atoms with Gasteiger partial charge in [0.25, 0.3) is 0 Å².